The fraction of sp³-hybridized carbons (Fsp3) is 0.409. The van der Waals surface area contributed by atoms with Crippen LogP contribution in [0, 0.1) is 0 Å². The first-order chi connectivity index (χ1) is 13.4. The molecule has 1 N–H and O–H groups in total. The molecule has 1 aliphatic rings. The van der Waals surface area contributed by atoms with Crippen molar-refractivity contribution in [3.05, 3.63) is 54.1 Å². The summed E-state index contributed by atoms with van der Waals surface area (Å²) in [5.74, 6) is -0.0968. The van der Waals surface area contributed by atoms with Crippen molar-refractivity contribution in [2.24, 2.45) is 0 Å². The van der Waals surface area contributed by atoms with E-state index < -0.39 is 10.0 Å². The van der Waals surface area contributed by atoms with Gasteiger partial charge in [0.15, 0.2) is 0 Å². The number of benzene rings is 2. The van der Waals surface area contributed by atoms with Crippen molar-refractivity contribution in [2.45, 2.75) is 50.5 Å². The average molecular weight is 401 g/mol. The van der Waals surface area contributed by atoms with E-state index in [2.05, 4.69) is 5.32 Å². The number of sulfonamides is 1. The number of hydrogen-bond donors (Lipinski definition) is 1. The molecule has 0 bridgehead atoms. The van der Waals surface area contributed by atoms with Gasteiger partial charge in [0.25, 0.3) is 5.91 Å². The van der Waals surface area contributed by atoms with Gasteiger partial charge >= 0.3 is 0 Å². The van der Waals surface area contributed by atoms with E-state index in [0.717, 1.165) is 36.8 Å². The highest BCUT2D eigenvalue weighted by Crippen LogP contribution is 2.25. The average Bonchev–Trinajstić information content (AvgIpc) is 2.74. The summed E-state index contributed by atoms with van der Waals surface area (Å²) >= 11 is 0. The Morgan fingerprint density at radius 2 is 1.71 bits per heavy atom. The van der Waals surface area contributed by atoms with Crippen molar-refractivity contribution in [1.82, 2.24) is 9.62 Å². The maximum absolute atomic E-state index is 12.8. The van der Waals surface area contributed by atoms with E-state index >= 15 is 0 Å². The first-order valence-corrected chi connectivity index (χ1v) is 11.4. The second-order valence-corrected chi connectivity index (χ2v) is 9.29. The zero-order chi connectivity index (χ0) is 20.1. The first kappa shape index (κ1) is 20.6. The molecule has 3 rings (SSSR count). The summed E-state index contributed by atoms with van der Waals surface area (Å²) in [5.41, 5.74) is 2.37. The minimum absolute atomic E-state index is 0.0968. The van der Waals surface area contributed by atoms with Gasteiger partial charge in [-0.2, -0.15) is 4.31 Å². The lowest BCUT2D eigenvalue weighted by molar-refractivity contribution is 0.0939. The molecule has 2 aromatic carbocycles. The summed E-state index contributed by atoms with van der Waals surface area (Å²) in [7, 11) is -3.43. The topological polar surface area (TPSA) is 66.5 Å². The Kier molecular flexibility index (Phi) is 6.52. The Balaban J connectivity index is 1.80. The van der Waals surface area contributed by atoms with Gasteiger partial charge in [0.2, 0.25) is 10.0 Å². The van der Waals surface area contributed by atoms with Crippen LogP contribution in [0.1, 0.15) is 49.9 Å². The molecule has 0 spiro atoms. The summed E-state index contributed by atoms with van der Waals surface area (Å²) in [5, 5.41) is 2.97. The molecule has 1 aliphatic heterocycles. The summed E-state index contributed by atoms with van der Waals surface area (Å²) in [6.45, 7) is 5.19. The van der Waals surface area contributed by atoms with E-state index in [1.165, 1.54) is 0 Å². The lowest BCUT2D eigenvalue weighted by atomic mass is 10.0. The molecule has 6 heteroatoms. The van der Waals surface area contributed by atoms with Crippen LogP contribution in [-0.2, 0) is 10.0 Å². The molecule has 5 nitrogen and oxygen atoms in total. The molecule has 0 aliphatic carbocycles. The van der Waals surface area contributed by atoms with Crippen LogP contribution in [0.25, 0.3) is 11.1 Å². The van der Waals surface area contributed by atoms with Gasteiger partial charge in [-0.05, 0) is 61.6 Å². The van der Waals surface area contributed by atoms with E-state index in [1.807, 2.05) is 44.2 Å². The Morgan fingerprint density at radius 1 is 1.04 bits per heavy atom. The molecule has 0 radical (unpaired) electrons. The summed E-state index contributed by atoms with van der Waals surface area (Å²) in [6.07, 6.45) is 3.80. The quantitative estimate of drug-likeness (QED) is 0.795. The largest absolute Gasteiger partial charge is 0.350 e. The van der Waals surface area contributed by atoms with E-state index in [1.54, 1.807) is 22.5 Å². The number of hydrogen-bond acceptors (Lipinski definition) is 3. The normalized spacial score (nSPS) is 16.5. The van der Waals surface area contributed by atoms with Gasteiger partial charge in [0, 0.05) is 24.7 Å². The minimum Gasteiger partial charge on any atom is -0.350 e. The Bertz CT molecular complexity index is 917. The third kappa shape index (κ3) is 4.62. The number of piperidine rings is 1. The predicted molar refractivity (Wildman–Crippen MR) is 112 cm³/mol. The van der Waals surface area contributed by atoms with Crippen molar-refractivity contribution in [1.29, 1.82) is 0 Å². The molecular formula is C22H28N2O3S. The zero-order valence-electron chi connectivity index (χ0n) is 16.5. The Labute approximate surface area is 167 Å². The molecule has 1 fully saturated rings. The molecule has 1 heterocycles. The van der Waals surface area contributed by atoms with Crippen LogP contribution in [0.2, 0.25) is 0 Å². The minimum atomic E-state index is -3.43. The van der Waals surface area contributed by atoms with Gasteiger partial charge in [-0.15, -0.1) is 0 Å². The summed E-state index contributed by atoms with van der Waals surface area (Å²) in [4.78, 5) is 12.7. The van der Waals surface area contributed by atoms with Gasteiger partial charge < -0.3 is 5.32 Å². The summed E-state index contributed by atoms with van der Waals surface area (Å²) in [6, 6.07) is 14.5. The van der Waals surface area contributed by atoms with Crippen LogP contribution in [0.15, 0.2) is 53.4 Å². The Morgan fingerprint density at radius 3 is 2.36 bits per heavy atom. The Hall–Kier alpha value is -2.18. The van der Waals surface area contributed by atoms with Gasteiger partial charge in [0.05, 0.1) is 4.90 Å². The van der Waals surface area contributed by atoms with Crippen LogP contribution >= 0.6 is 0 Å². The maximum Gasteiger partial charge on any atom is 0.251 e. The highest BCUT2D eigenvalue weighted by Gasteiger charge is 2.25. The van der Waals surface area contributed by atoms with E-state index in [-0.39, 0.29) is 11.9 Å². The first-order valence-electron chi connectivity index (χ1n) is 9.93. The molecule has 1 unspecified atom stereocenters. The van der Waals surface area contributed by atoms with E-state index in [4.69, 9.17) is 0 Å². The number of nitrogens with zero attached hydrogens (tertiary/aromatic N) is 1. The molecule has 28 heavy (non-hydrogen) atoms. The monoisotopic (exact) mass is 400 g/mol. The number of nitrogens with one attached hydrogen (secondary N) is 1. The molecular weight excluding hydrogens is 372 g/mol. The number of carbonyl (C=O) groups excluding carboxylic acids is 1. The summed E-state index contributed by atoms with van der Waals surface area (Å²) < 4.78 is 27.1. The lowest BCUT2D eigenvalue weighted by Crippen LogP contribution is -2.35. The van der Waals surface area contributed by atoms with E-state index in [9.17, 15) is 13.2 Å². The highest BCUT2D eigenvalue weighted by atomic mass is 32.2. The second-order valence-electron chi connectivity index (χ2n) is 7.35. The molecule has 150 valence electrons. The van der Waals surface area contributed by atoms with Crippen LogP contribution in [0.4, 0.5) is 0 Å². The molecule has 2 aromatic rings. The second kappa shape index (κ2) is 8.88. The standard InChI is InChI=1S/C22H28N2O3S/c1-3-17(2)23-22(25)20-9-7-8-19(16-20)18-10-12-21(13-11-18)28(26,27)24-14-5-4-6-15-24/h7-13,16-17H,3-6,14-15H2,1-2H3,(H,23,25). The van der Waals surface area contributed by atoms with E-state index in [0.29, 0.717) is 23.5 Å². The predicted octanol–water partition coefficient (Wildman–Crippen LogP) is 4.06. The van der Waals surface area contributed by atoms with Crippen molar-refractivity contribution < 1.29 is 13.2 Å². The number of rotatable bonds is 6. The highest BCUT2D eigenvalue weighted by molar-refractivity contribution is 7.89. The molecule has 1 saturated heterocycles. The lowest BCUT2D eigenvalue weighted by Gasteiger charge is -2.25. The number of carbonyl (C=O) groups is 1. The number of amides is 1. The fourth-order valence-electron chi connectivity index (χ4n) is 3.32. The van der Waals surface area contributed by atoms with Crippen LogP contribution < -0.4 is 5.32 Å². The zero-order valence-corrected chi connectivity index (χ0v) is 17.3. The van der Waals surface area contributed by atoms with Crippen LogP contribution in [-0.4, -0.2) is 37.8 Å². The van der Waals surface area contributed by atoms with Gasteiger partial charge in [-0.1, -0.05) is 37.6 Å². The van der Waals surface area contributed by atoms with Gasteiger partial charge in [0.1, 0.15) is 0 Å². The third-order valence-electron chi connectivity index (χ3n) is 5.26. The van der Waals surface area contributed by atoms with Crippen LogP contribution in [0.5, 0.6) is 0 Å². The van der Waals surface area contributed by atoms with Crippen molar-refractivity contribution >= 4 is 15.9 Å². The van der Waals surface area contributed by atoms with Crippen LogP contribution in [0.3, 0.4) is 0 Å². The van der Waals surface area contributed by atoms with Crippen molar-refractivity contribution in [3.8, 4) is 11.1 Å². The molecule has 1 atom stereocenters. The SMILES string of the molecule is CCC(C)NC(=O)c1cccc(-c2ccc(S(=O)(=O)N3CCCCC3)cc2)c1. The smallest absolute Gasteiger partial charge is 0.251 e. The third-order valence-corrected chi connectivity index (χ3v) is 7.17. The maximum atomic E-state index is 12.8. The molecule has 1 amide bonds. The van der Waals surface area contributed by atoms with Crippen molar-refractivity contribution in [2.75, 3.05) is 13.1 Å². The van der Waals surface area contributed by atoms with Gasteiger partial charge in [-0.25, -0.2) is 8.42 Å². The van der Waals surface area contributed by atoms with Crippen molar-refractivity contribution in [3.63, 3.8) is 0 Å². The van der Waals surface area contributed by atoms with Gasteiger partial charge in [-0.3, -0.25) is 4.79 Å². The molecule has 0 aromatic heterocycles. The fourth-order valence-corrected chi connectivity index (χ4v) is 4.84. The molecule has 0 saturated carbocycles.